The van der Waals surface area contributed by atoms with E-state index in [9.17, 15) is 4.39 Å². The van der Waals surface area contributed by atoms with E-state index in [4.69, 9.17) is 4.74 Å². The summed E-state index contributed by atoms with van der Waals surface area (Å²) in [5, 5.41) is 3.29. The van der Waals surface area contributed by atoms with Crippen molar-refractivity contribution in [1.82, 2.24) is 5.32 Å². The van der Waals surface area contributed by atoms with Gasteiger partial charge in [-0.2, -0.15) is 0 Å². The Morgan fingerprint density at radius 1 is 1.31 bits per heavy atom. The van der Waals surface area contributed by atoms with E-state index in [0.29, 0.717) is 12.4 Å². The smallest absolute Gasteiger partial charge is 0.126 e. The zero-order valence-corrected chi connectivity index (χ0v) is 10.2. The van der Waals surface area contributed by atoms with Crippen LogP contribution in [0.1, 0.15) is 20.8 Å². The van der Waals surface area contributed by atoms with Crippen molar-refractivity contribution in [2.75, 3.05) is 19.7 Å². The highest BCUT2D eigenvalue weighted by molar-refractivity contribution is 5.22. The van der Waals surface area contributed by atoms with E-state index in [2.05, 4.69) is 26.1 Å². The van der Waals surface area contributed by atoms with E-state index in [0.717, 1.165) is 13.1 Å². The fourth-order valence-electron chi connectivity index (χ4n) is 1.26. The van der Waals surface area contributed by atoms with E-state index in [-0.39, 0.29) is 11.2 Å². The third-order valence-electron chi connectivity index (χ3n) is 2.00. The summed E-state index contributed by atoms with van der Waals surface area (Å²) < 4.78 is 18.2. The Morgan fingerprint density at radius 3 is 2.69 bits per heavy atom. The second-order valence-corrected chi connectivity index (χ2v) is 5.04. The molecule has 1 rings (SSSR count). The molecule has 1 N–H and O–H groups in total. The first-order chi connectivity index (χ1) is 7.47. The van der Waals surface area contributed by atoms with Crippen LogP contribution in [0, 0.1) is 11.2 Å². The lowest BCUT2D eigenvalue weighted by Gasteiger charge is -2.18. The second kappa shape index (κ2) is 5.85. The first-order valence-corrected chi connectivity index (χ1v) is 5.56. The van der Waals surface area contributed by atoms with Crippen molar-refractivity contribution in [2.24, 2.45) is 5.41 Å². The molecule has 0 saturated heterocycles. The first kappa shape index (κ1) is 13.0. The van der Waals surface area contributed by atoms with Gasteiger partial charge in [-0.3, -0.25) is 0 Å². The van der Waals surface area contributed by atoms with Crippen molar-refractivity contribution in [2.45, 2.75) is 20.8 Å². The number of ether oxygens (including phenoxy) is 1. The third-order valence-corrected chi connectivity index (χ3v) is 2.00. The second-order valence-electron chi connectivity index (χ2n) is 5.04. The number of hydrogen-bond donors (Lipinski definition) is 1. The molecule has 0 heterocycles. The minimum atomic E-state index is -0.264. The Balaban J connectivity index is 2.17. The van der Waals surface area contributed by atoms with Crippen molar-refractivity contribution < 1.29 is 9.13 Å². The standard InChI is InChI=1S/C13H20FNO/c1-13(2,3)10-15-7-8-16-12-6-4-5-11(14)9-12/h4-6,9,15H,7-8,10H2,1-3H3. The molecule has 0 unspecified atom stereocenters. The summed E-state index contributed by atoms with van der Waals surface area (Å²) >= 11 is 0. The molecule has 2 nitrogen and oxygen atoms in total. The number of rotatable bonds is 5. The highest BCUT2D eigenvalue weighted by Crippen LogP contribution is 2.12. The maximum Gasteiger partial charge on any atom is 0.126 e. The zero-order valence-electron chi connectivity index (χ0n) is 10.2. The molecule has 0 atom stereocenters. The Labute approximate surface area is 96.8 Å². The van der Waals surface area contributed by atoms with Crippen molar-refractivity contribution in [3.05, 3.63) is 30.1 Å². The van der Waals surface area contributed by atoms with Crippen LogP contribution in [0.4, 0.5) is 4.39 Å². The van der Waals surface area contributed by atoms with Gasteiger partial charge in [0.2, 0.25) is 0 Å². The van der Waals surface area contributed by atoms with Gasteiger partial charge in [-0.1, -0.05) is 26.8 Å². The van der Waals surface area contributed by atoms with E-state index < -0.39 is 0 Å². The minimum absolute atomic E-state index is 0.264. The molecule has 0 amide bonds. The van der Waals surface area contributed by atoms with Gasteiger partial charge in [0.1, 0.15) is 18.2 Å². The molecular weight excluding hydrogens is 205 g/mol. The fourth-order valence-corrected chi connectivity index (χ4v) is 1.26. The first-order valence-electron chi connectivity index (χ1n) is 5.56. The van der Waals surface area contributed by atoms with Crippen LogP contribution in [0.5, 0.6) is 5.75 Å². The predicted molar refractivity (Wildman–Crippen MR) is 64.2 cm³/mol. The van der Waals surface area contributed by atoms with Gasteiger partial charge in [-0.15, -0.1) is 0 Å². The quantitative estimate of drug-likeness (QED) is 0.778. The van der Waals surface area contributed by atoms with E-state index in [1.54, 1.807) is 12.1 Å². The average molecular weight is 225 g/mol. The summed E-state index contributed by atoms with van der Waals surface area (Å²) in [6.07, 6.45) is 0. The summed E-state index contributed by atoms with van der Waals surface area (Å²) in [6, 6.07) is 6.20. The molecule has 0 aliphatic rings. The molecule has 0 aliphatic heterocycles. The molecule has 0 aromatic heterocycles. The molecule has 16 heavy (non-hydrogen) atoms. The fraction of sp³-hybridized carbons (Fsp3) is 0.538. The molecule has 0 radical (unpaired) electrons. The van der Waals surface area contributed by atoms with Crippen LogP contribution < -0.4 is 10.1 Å². The van der Waals surface area contributed by atoms with Crippen LogP contribution >= 0.6 is 0 Å². The minimum Gasteiger partial charge on any atom is -0.492 e. The summed E-state index contributed by atoms with van der Waals surface area (Å²) in [4.78, 5) is 0. The van der Waals surface area contributed by atoms with Gasteiger partial charge in [-0.05, 0) is 17.5 Å². The molecule has 0 bridgehead atoms. The van der Waals surface area contributed by atoms with Gasteiger partial charge in [0.25, 0.3) is 0 Å². The molecule has 0 aliphatic carbocycles. The number of hydrogen-bond acceptors (Lipinski definition) is 2. The summed E-state index contributed by atoms with van der Waals surface area (Å²) in [7, 11) is 0. The van der Waals surface area contributed by atoms with Crippen molar-refractivity contribution >= 4 is 0 Å². The SMILES string of the molecule is CC(C)(C)CNCCOc1cccc(F)c1. The monoisotopic (exact) mass is 225 g/mol. The highest BCUT2D eigenvalue weighted by atomic mass is 19.1. The summed E-state index contributed by atoms with van der Waals surface area (Å²) in [5.74, 6) is 0.317. The van der Waals surface area contributed by atoms with Gasteiger partial charge in [-0.25, -0.2) is 4.39 Å². The van der Waals surface area contributed by atoms with Gasteiger partial charge in [0, 0.05) is 19.2 Å². The van der Waals surface area contributed by atoms with Crippen LogP contribution in [0.3, 0.4) is 0 Å². The van der Waals surface area contributed by atoms with Crippen LogP contribution in [-0.2, 0) is 0 Å². The van der Waals surface area contributed by atoms with Crippen molar-refractivity contribution in [3.8, 4) is 5.75 Å². The number of halogens is 1. The Hall–Kier alpha value is -1.09. The van der Waals surface area contributed by atoms with Gasteiger partial charge in [0.05, 0.1) is 0 Å². The third kappa shape index (κ3) is 5.71. The van der Waals surface area contributed by atoms with E-state index >= 15 is 0 Å². The predicted octanol–water partition coefficient (Wildman–Crippen LogP) is 2.84. The van der Waals surface area contributed by atoms with Crippen molar-refractivity contribution in [1.29, 1.82) is 0 Å². The molecule has 0 fully saturated rings. The lowest BCUT2D eigenvalue weighted by atomic mass is 9.97. The molecule has 0 spiro atoms. The maximum atomic E-state index is 12.8. The zero-order chi connectivity index (χ0) is 12.0. The number of benzene rings is 1. The van der Waals surface area contributed by atoms with Crippen molar-refractivity contribution in [3.63, 3.8) is 0 Å². The average Bonchev–Trinajstić information content (AvgIpc) is 2.15. The highest BCUT2D eigenvalue weighted by Gasteiger charge is 2.08. The van der Waals surface area contributed by atoms with Gasteiger partial charge >= 0.3 is 0 Å². The van der Waals surface area contributed by atoms with Crippen LogP contribution in [-0.4, -0.2) is 19.7 Å². The molecular formula is C13H20FNO. The van der Waals surface area contributed by atoms with E-state index in [1.165, 1.54) is 12.1 Å². The Bertz CT molecular complexity index is 320. The lowest BCUT2D eigenvalue weighted by molar-refractivity contribution is 0.296. The van der Waals surface area contributed by atoms with Crippen LogP contribution in [0.25, 0.3) is 0 Å². The summed E-state index contributed by atoms with van der Waals surface area (Å²) in [5.41, 5.74) is 0.277. The molecule has 0 saturated carbocycles. The molecule has 1 aromatic carbocycles. The Morgan fingerprint density at radius 2 is 2.06 bits per heavy atom. The lowest BCUT2D eigenvalue weighted by Crippen LogP contribution is -2.30. The largest absolute Gasteiger partial charge is 0.492 e. The molecule has 3 heteroatoms. The van der Waals surface area contributed by atoms with Gasteiger partial charge in [0.15, 0.2) is 0 Å². The van der Waals surface area contributed by atoms with Crippen LogP contribution in [0.15, 0.2) is 24.3 Å². The molecule has 90 valence electrons. The molecule has 1 aromatic rings. The van der Waals surface area contributed by atoms with Crippen LogP contribution in [0.2, 0.25) is 0 Å². The van der Waals surface area contributed by atoms with Gasteiger partial charge < -0.3 is 10.1 Å². The normalized spacial score (nSPS) is 11.5. The van der Waals surface area contributed by atoms with E-state index in [1.807, 2.05) is 0 Å². The number of nitrogens with one attached hydrogen (secondary N) is 1. The Kier molecular flexibility index (Phi) is 4.74. The maximum absolute atomic E-state index is 12.8. The topological polar surface area (TPSA) is 21.3 Å². The summed E-state index contributed by atoms with van der Waals surface area (Å²) in [6.45, 7) is 8.79.